The Bertz CT molecular complexity index is 623. The lowest BCUT2D eigenvalue weighted by Gasteiger charge is -2.07. The Labute approximate surface area is 136 Å². The lowest BCUT2D eigenvalue weighted by molar-refractivity contribution is -0.497. The summed E-state index contributed by atoms with van der Waals surface area (Å²) in [6.45, 7) is 0.410. The molecule has 22 heavy (non-hydrogen) atoms. The summed E-state index contributed by atoms with van der Waals surface area (Å²) in [6, 6.07) is 3.73. The summed E-state index contributed by atoms with van der Waals surface area (Å²) in [4.78, 5) is 33.4. The molecule has 1 saturated carbocycles. The largest absolute Gasteiger partial charge is 0.354 e. The molecule has 1 aliphatic rings. The van der Waals surface area contributed by atoms with E-state index in [0.29, 0.717) is 10.6 Å². The van der Waals surface area contributed by atoms with Crippen molar-refractivity contribution in [2.75, 3.05) is 13.1 Å². The van der Waals surface area contributed by atoms with Crippen molar-refractivity contribution in [3.63, 3.8) is 0 Å². The van der Waals surface area contributed by atoms with Crippen LogP contribution in [0.2, 0.25) is 10.0 Å². The van der Waals surface area contributed by atoms with Gasteiger partial charge in [0.2, 0.25) is 11.9 Å². The molecule has 1 aromatic carbocycles. The Morgan fingerprint density at radius 2 is 1.91 bits per heavy atom. The molecule has 0 radical (unpaired) electrons. The van der Waals surface area contributed by atoms with E-state index in [-0.39, 0.29) is 36.3 Å². The van der Waals surface area contributed by atoms with Crippen molar-refractivity contribution >= 4 is 35.0 Å². The highest BCUT2D eigenvalue weighted by molar-refractivity contribution is 6.42. The number of amides is 2. The quantitative estimate of drug-likeness (QED) is 0.463. The summed E-state index contributed by atoms with van der Waals surface area (Å²) in [5.74, 6) is -1.26. The zero-order valence-corrected chi connectivity index (χ0v) is 12.9. The van der Waals surface area contributed by atoms with Crippen molar-refractivity contribution in [3.05, 3.63) is 43.9 Å². The van der Waals surface area contributed by atoms with E-state index in [1.165, 1.54) is 18.2 Å². The summed E-state index contributed by atoms with van der Waals surface area (Å²) in [6.07, 6.45) is 0.272. The molecule has 1 fully saturated rings. The van der Waals surface area contributed by atoms with E-state index >= 15 is 0 Å². The highest BCUT2D eigenvalue weighted by Gasteiger charge is 2.53. The second-order valence-corrected chi connectivity index (χ2v) is 5.69. The Morgan fingerprint density at radius 1 is 1.23 bits per heavy atom. The fourth-order valence-corrected chi connectivity index (χ4v) is 2.23. The highest BCUT2D eigenvalue weighted by Crippen LogP contribution is 2.32. The third-order valence-corrected chi connectivity index (χ3v) is 3.99. The molecule has 2 unspecified atom stereocenters. The van der Waals surface area contributed by atoms with Crippen molar-refractivity contribution < 1.29 is 14.5 Å². The molecule has 0 aliphatic heterocycles. The van der Waals surface area contributed by atoms with Gasteiger partial charge in [-0.25, -0.2) is 0 Å². The number of hydrogen-bond donors (Lipinski definition) is 2. The predicted molar refractivity (Wildman–Crippen MR) is 80.7 cm³/mol. The van der Waals surface area contributed by atoms with Crippen LogP contribution in [0.25, 0.3) is 0 Å². The van der Waals surface area contributed by atoms with Crippen molar-refractivity contribution in [1.82, 2.24) is 10.6 Å². The standard InChI is InChI=1S/C13H13Cl2N3O4/c14-9-2-1-7(5-10(9)15)12(19)16-3-4-17-13(20)8-6-11(8)18(21)22/h1-2,5,8,11H,3-4,6H2,(H,16,19)(H,17,20). The van der Waals surface area contributed by atoms with E-state index in [9.17, 15) is 19.7 Å². The van der Waals surface area contributed by atoms with Gasteiger partial charge in [-0.2, -0.15) is 0 Å². The number of carbonyl (C=O) groups excluding carboxylic acids is 2. The van der Waals surface area contributed by atoms with Gasteiger partial charge >= 0.3 is 0 Å². The molecule has 0 spiro atoms. The zero-order chi connectivity index (χ0) is 16.3. The summed E-state index contributed by atoms with van der Waals surface area (Å²) in [5, 5.41) is 16.2. The van der Waals surface area contributed by atoms with Crippen molar-refractivity contribution in [2.45, 2.75) is 12.5 Å². The first-order valence-electron chi connectivity index (χ1n) is 6.54. The Hall–Kier alpha value is -1.86. The first-order chi connectivity index (χ1) is 10.4. The summed E-state index contributed by atoms with van der Waals surface area (Å²) >= 11 is 11.6. The van der Waals surface area contributed by atoms with Crippen LogP contribution in [0.15, 0.2) is 18.2 Å². The number of carbonyl (C=O) groups is 2. The van der Waals surface area contributed by atoms with E-state index < -0.39 is 16.9 Å². The molecule has 0 aromatic heterocycles. The maximum atomic E-state index is 11.8. The van der Waals surface area contributed by atoms with E-state index in [4.69, 9.17) is 23.2 Å². The fourth-order valence-electron chi connectivity index (χ4n) is 1.93. The number of nitrogens with one attached hydrogen (secondary N) is 2. The summed E-state index contributed by atoms with van der Waals surface area (Å²) < 4.78 is 0. The number of nitrogens with zero attached hydrogens (tertiary/aromatic N) is 1. The smallest absolute Gasteiger partial charge is 0.251 e. The van der Waals surface area contributed by atoms with Crippen LogP contribution in [-0.2, 0) is 4.79 Å². The minimum atomic E-state index is -0.772. The molecule has 1 aliphatic carbocycles. The molecule has 0 bridgehead atoms. The first kappa shape index (κ1) is 16.5. The number of rotatable bonds is 6. The van der Waals surface area contributed by atoms with Gasteiger partial charge in [0.05, 0.1) is 10.0 Å². The second-order valence-electron chi connectivity index (χ2n) is 4.87. The van der Waals surface area contributed by atoms with Gasteiger partial charge in [-0.1, -0.05) is 23.2 Å². The molecule has 1 aromatic rings. The normalized spacial score (nSPS) is 19.4. The SMILES string of the molecule is O=C(NCCNC(=O)C1CC1[N+](=O)[O-])c1ccc(Cl)c(Cl)c1. The van der Waals surface area contributed by atoms with Gasteiger partial charge in [0, 0.05) is 30.0 Å². The molecular weight excluding hydrogens is 333 g/mol. The average Bonchev–Trinajstić information content (AvgIpc) is 3.26. The predicted octanol–water partition coefficient (Wildman–Crippen LogP) is 1.50. The van der Waals surface area contributed by atoms with Gasteiger partial charge in [0.1, 0.15) is 5.92 Å². The number of halogens is 2. The summed E-state index contributed by atoms with van der Waals surface area (Å²) in [7, 11) is 0. The van der Waals surface area contributed by atoms with Gasteiger partial charge in [0.25, 0.3) is 5.91 Å². The van der Waals surface area contributed by atoms with E-state index in [2.05, 4.69) is 10.6 Å². The van der Waals surface area contributed by atoms with Crippen molar-refractivity contribution in [3.8, 4) is 0 Å². The van der Waals surface area contributed by atoms with Crippen LogP contribution in [0.3, 0.4) is 0 Å². The Kier molecular flexibility index (Phi) is 5.20. The molecule has 7 nitrogen and oxygen atoms in total. The lowest BCUT2D eigenvalue weighted by Crippen LogP contribution is -2.36. The van der Waals surface area contributed by atoms with Crippen LogP contribution in [0.5, 0.6) is 0 Å². The molecule has 2 rings (SSSR count). The zero-order valence-electron chi connectivity index (χ0n) is 11.3. The van der Waals surface area contributed by atoms with E-state index in [1.807, 2.05) is 0 Å². The number of nitro groups is 1. The van der Waals surface area contributed by atoms with Crippen LogP contribution in [0, 0.1) is 16.0 Å². The topological polar surface area (TPSA) is 101 Å². The molecule has 2 atom stereocenters. The van der Waals surface area contributed by atoms with Crippen LogP contribution in [-0.4, -0.2) is 35.9 Å². The van der Waals surface area contributed by atoms with Crippen LogP contribution in [0.1, 0.15) is 16.8 Å². The minimum absolute atomic E-state index is 0.201. The van der Waals surface area contributed by atoms with E-state index in [1.54, 1.807) is 0 Å². The lowest BCUT2D eigenvalue weighted by atomic mass is 10.2. The third kappa shape index (κ3) is 4.08. The van der Waals surface area contributed by atoms with Gasteiger partial charge in [-0.05, 0) is 18.2 Å². The summed E-state index contributed by atoms with van der Waals surface area (Å²) in [5.41, 5.74) is 0.358. The van der Waals surface area contributed by atoms with Gasteiger partial charge < -0.3 is 10.6 Å². The number of hydrogen-bond acceptors (Lipinski definition) is 4. The maximum absolute atomic E-state index is 11.8. The first-order valence-corrected chi connectivity index (χ1v) is 7.30. The third-order valence-electron chi connectivity index (χ3n) is 3.26. The Balaban J connectivity index is 1.70. The van der Waals surface area contributed by atoms with Crippen LogP contribution < -0.4 is 10.6 Å². The minimum Gasteiger partial charge on any atom is -0.354 e. The molecule has 2 amide bonds. The Morgan fingerprint density at radius 3 is 2.50 bits per heavy atom. The van der Waals surface area contributed by atoms with Crippen molar-refractivity contribution in [2.24, 2.45) is 5.92 Å². The fraction of sp³-hybridized carbons (Fsp3) is 0.385. The van der Waals surface area contributed by atoms with Crippen LogP contribution in [0.4, 0.5) is 0 Å². The average molecular weight is 346 g/mol. The monoisotopic (exact) mass is 345 g/mol. The van der Waals surface area contributed by atoms with Crippen molar-refractivity contribution in [1.29, 1.82) is 0 Å². The maximum Gasteiger partial charge on any atom is 0.251 e. The van der Waals surface area contributed by atoms with Gasteiger partial charge in [0.15, 0.2) is 0 Å². The molecular formula is C13H13Cl2N3O4. The highest BCUT2D eigenvalue weighted by atomic mass is 35.5. The molecule has 0 heterocycles. The number of benzene rings is 1. The van der Waals surface area contributed by atoms with E-state index in [0.717, 1.165) is 0 Å². The van der Waals surface area contributed by atoms with Gasteiger partial charge in [-0.15, -0.1) is 0 Å². The van der Waals surface area contributed by atoms with Gasteiger partial charge in [-0.3, -0.25) is 19.7 Å². The molecule has 0 saturated heterocycles. The molecule has 9 heteroatoms. The molecule has 118 valence electrons. The molecule has 2 N–H and O–H groups in total. The van der Waals surface area contributed by atoms with Crippen LogP contribution >= 0.6 is 23.2 Å². The second kappa shape index (κ2) is 6.93.